The summed E-state index contributed by atoms with van der Waals surface area (Å²) in [4.78, 5) is 13.9. The predicted octanol–water partition coefficient (Wildman–Crippen LogP) is 1.02. The highest BCUT2D eigenvalue weighted by Gasteiger charge is 2.40. The van der Waals surface area contributed by atoms with Crippen LogP contribution < -0.4 is 4.74 Å². The molecule has 5 nitrogen and oxygen atoms in total. The molecule has 1 amide bonds. The van der Waals surface area contributed by atoms with Crippen molar-refractivity contribution >= 4 is 15.7 Å². The second kappa shape index (κ2) is 5.33. The number of hydrogen-bond donors (Lipinski definition) is 0. The first-order valence-corrected chi connectivity index (χ1v) is 8.98. The van der Waals surface area contributed by atoms with Crippen LogP contribution in [-0.4, -0.2) is 49.9 Å². The van der Waals surface area contributed by atoms with Gasteiger partial charge < -0.3 is 9.64 Å². The van der Waals surface area contributed by atoms with E-state index in [4.69, 9.17) is 4.74 Å². The molecule has 2 fully saturated rings. The van der Waals surface area contributed by atoms with E-state index in [1.54, 1.807) is 4.90 Å². The largest absolute Gasteiger partial charge is 0.487 e. The average molecular weight is 309 g/mol. The maximum Gasteiger partial charge on any atom is 0.227 e. The molecule has 0 aromatic heterocycles. The zero-order chi connectivity index (χ0) is 15.0. The van der Waals surface area contributed by atoms with Crippen molar-refractivity contribution in [1.29, 1.82) is 0 Å². The Labute approximate surface area is 124 Å². The van der Waals surface area contributed by atoms with Gasteiger partial charge in [-0.25, -0.2) is 8.42 Å². The van der Waals surface area contributed by atoms with Crippen LogP contribution in [0.5, 0.6) is 5.75 Å². The number of amides is 1. The van der Waals surface area contributed by atoms with Gasteiger partial charge in [0.25, 0.3) is 0 Å². The van der Waals surface area contributed by atoms with Gasteiger partial charge in [0.15, 0.2) is 9.84 Å². The molecule has 0 unspecified atom stereocenters. The summed E-state index contributed by atoms with van der Waals surface area (Å²) in [7, 11) is -3.00. The summed E-state index contributed by atoms with van der Waals surface area (Å²) in [5, 5.41) is 0. The summed E-state index contributed by atoms with van der Waals surface area (Å²) in [6, 6.07) is 7.81. The summed E-state index contributed by atoms with van der Waals surface area (Å²) in [5.41, 5.74) is 1.14. The molecule has 2 saturated heterocycles. The number of hydrogen-bond acceptors (Lipinski definition) is 4. The molecule has 3 rings (SSSR count). The van der Waals surface area contributed by atoms with Gasteiger partial charge in [-0.3, -0.25) is 4.79 Å². The first-order chi connectivity index (χ1) is 9.93. The lowest BCUT2D eigenvalue weighted by Gasteiger charge is -2.40. The minimum atomic E-state index is -3.00. The number of likely N-dealkylation sites (tertiary alicyclic amines) is 1. The number of sulfone groups is 1. The number of aryl methyl sites for hydroxylation is 1. The van der Waals surface area contributed by atoms with E-state index in [1.807, 2.05) is 31.2 Å². The molecule has 2 aliphatic rings. The molecule has 0 bridgehead atoms. The second-order valence-corrected chi connectivity index (χ2v) is 8.13. The Kier molecular flexibility index (Phi) is 3.65. The Bertz CT molecular complexity index is 649. The standard InChI is InChI=1S/C15H19NO4S/c1-11-3-2-4-13(7-11)20-14-8-16(9-14)15(17)12-5-6-21(18,19)10-12/h2-4,7,12,14H,5-6,8-10H2,1H3/t12-/m0/s1. The summed E-state index contributed by atoms with van der Waals surface area (Å²) >= 11 is 0. The van der Waals surface area contributed by atoms with E-state index in [0.29, 0.717) is 19.5 Å². The van der Waals surface area contributed by atoms with Crippen molar-refractivity contribution in [2.45, 2.75) is 19.4 Å². The smallest absolute Gasteiger partial charge is 0.227 e. The van der Waals surface area contributed by atoms with Gasteiger partial charge in [0, 0.05) is 0 Å². The van der Waals surface area contributed by atoms with Gasteiger partial charge in [-0.1, -0.05) is 12.1 Å². The Morgan fingerprint density at radius 2 is 2.10 bits per heavy atom. The fourth-order valence-corrected chi connectivity index (χ4v) is 4.55. The molecule has 0 saturated carbocycles. The van der Waals surface area contributed by atoms with E-state index < -0.39 is 9.84 Å². The molecule has 0 radical (unpaired) electrons. The molecule has 1 aromatic rings. The van der Waals surface area contributed by atoms with Crippen molar-refractivity contribution in [2.24, 2.45) is 5.92 Å². The Morgan fingerprint density at radius 1 is 1.33 bits per heavy atom. The van der Waals surface area contributed by atoms with Gasteiger partial charge in [-0.05, 0) is 31.0 Å². The van der Waals surface area contributed by atoms with Crippen LogP contribution in [0.4, 0.5) is 0 Å². The molecule has 6 heteroatoms. The van der Waals surface area contributed by atoms with Gasteiger partial charge in [0.05, 0.1) is 30.5 Å². The number of benzene rings is 1. The predicted molar refractivity (Wildman–Crippen MR) is 78.9 cm³/mol. The minimum absolute atomic E-state index is 0.00569. The third-order valence-corrected chi connectivity index (χ3v) is 5.80. The minimum Gasteiger partial charge on any atom is -0.487 e. The third kappa shape index (κ3) is 3.20. The second-order valence-electron chi connectivity index (χ2n) is 5.90. The molecule has 0 spiro atoms. The fourth-order valence-electron chi connectivity index (χ4n) is 2.82. The zero-order valence-electron chi connectivity index (χ0n) is 12.0. The van der Waals surface area contributed by atoms with E-state index in [2.05, 4.69) is 0 Å². The molecule has 114 valence electrons. The van der Waals surface area contributed by atoms with Crippen molar-refractivity contribution in [3.05, 3.63) is 29.8 Å². The SMILES string of the molecule is Cc1cccc(OC2CN(C(=O)[C@H]3CCS(=O)(=O)C3)C2)c1. The van der Waals surface area contributed by atoms with Crippen LogP contribution in [0.1, 0.15) is 12.0 Å². The number of carbonyl (C=O) groups is 1. The quantitative estimate of drug-likeness (QED) is 0.836. The Morgan fingerprint density at radius 3 is 2.71 bits per heavy atom. The molecule has 1 atom stereocenters. The van der Waals surface area contributed by atoms with Crippen molar-refractivity contribution in [3.63, 3.8) is 0 Å². The highest BCUT2D eigenvalue weighted by molar-refractivity contribution is 7.91. The topological polar surface area (TPSA) is 63.7 Å². The average Bonchev–Trinajstić information content (AvgIpc) is 2.73. The highest BCUT2D eigenvalue weighted by Crippen LogP contribution is 2.25. The summed E-state index contributed by atoms with van der Waals surface area (Å²) in [5.74, 6) is 0.567. The summed E-state index contributed by atoms with van der Waals surface area (Å²) in [6.07, 6.45) is 0.468. The Balaban J connectivity index is 1.51. The van der Waals surface area contributed by atoms with Crippen molar-refractivity contribution in [3.8, 4) is 5.75 Å². The first-order valence-electron chi connectivity index (χ1n) is 7.15. The van der Waals surface area contributed by atoms with E-state index in [1.165, 1.54) is 0 Å². The van der Waals surface area contributed by atoms with E-state index >= 15 is 0 Å². The normalized spacial score (nSPS) is 24.6. The lowest BCUT2D eigenvalue weighted by atomic mass is 10.0. The third-order valence-electron chi connectivity index (χ3n) is 4.03. The van der Waals surface area contributed by atoms with E-state index in [9.17, 15) is 13.2 Å². The summed E-state index contributed by atoms with van der Waals surface area (Å²) in [6.45, 7) is 3.09. The van der Waals surface area contributed by atoms with E-state index in [0.717, 1.165) is 11.3 Å². The Hall–Kier alpha value is -1.56. The molecular weight excluding hydrogens is 290 g/mol. The molecule has 0 aliphatic carbocycles. The monoisotopic (exact) mass is 309 g/mol. The lowest BCUT2D eigenvalue weighted by molar-refractivity contribution is -0.143. The molecule has 1 aromatic carbocycles. The lowest BCUT2D eigenvalue weighted by Crippen LogP contribution is -2.57. The van der Waals surface area contributed by atoms with Crippen LogP contribution in [0, 0.1) is 12.8 Å². The van der Waals surface area contributed by atoms with Crippen molar-refractivity contribution in [1.82, 2.24) is 4.90 Å². The van der Waals surface area contributed by atoms with Crippen LogP contribution in [0.2, 0.25) is 0 Å². The molecule has 2 heterocycles. The van der Waals surface area contributed by atoms with Crippen LogP contribution in [0.3, 0.4) is 0 Å². The van der Waals surface area contributed by atoms with E-state index in [-0.39, 0.29) is 29.4 Å². The fraction of sp³-hybridized carbons (Fsp3) is 0.533. The molecule has 0 N–H and O–H groups in total. The van der Waals surface area contributed by atoms with Gasteiger partial charge in [-0.2, -0.15) is 0 Å². The van der Waals surface area contributed by atoms with Gasteiger partial charge in [0.1, 0.15) is 11.9 Å². The van der Waals surface area contributed by atoms with Crippen LogP contribution in [0.25, 0.3) is 0 Å². The molecular formula is C15H19NO4S. The van der Waals surface area contributed by atoms with Crippen LogP contribution in [0.15, 0.2) is 24.3 Å². The van der Waals surface area contributed by atoms with Gasteiger partial charge >= 0.3 is 0 Å². The van der Waals surface area contributed by atoms with Crippen molar-refractivity contribution in [2.75, 3.05) is 24.6 Å². The van der Waals surface area contributed by atoms with Crippen LogP contribution in [-0.2, 0) is 14.6 Å². The number of nitrogens with zero attached hydrogens (tertiary/aromatic N) is 1. The van der Waals surface area contributed by atoms with Gasteiger partial charge in [-0.15, -0.1) is 0 Å². The van der Waals surface area contributed by atoms with Crippen LogP contribution >= 0.6 is 0 Å². The highest BCUT2D eigenvalue weighted by atomic mass is 32.2. The molecule has 2 aliphatic heterocycles. The zero-order valence-corrected chi connectivity index (χ0v) is 12.8. The first kappa shape index (κ1) is 14.4. The summed E-state index contributed by atoms with van der Waals surface area (Å²) < 4.78 is 28.6. The number of ether oxygens (including phenoxy) is 1. The number of rotatable bonds is 3. The van der Waals surface area contributed by atoms with Crippen molar-refractivity contribution < 1.29 is 17.9 Å². The molecule has 21 heavy (non-hydrogen) atoms. The van der Waals surface area contributed by atoms with Gasteiger partial charge in [0.2, 0.25) is 5.91 Å². The maximum atomic E-state index is 12.2. The maximum absolute atomic E-state index is 12.2. The number of carbonyl (C=O) groups excluding carboxylic acids is 1.